The smallest absolute Gasteiger partial charge is 0.271 e. The van der Waals surface area contributed by atoms with Crippen LogP contribution in [-0.2, 0) is 24.3 Å². The molecule has 0 aliphatic carbocycles. The average Bonchev–Trinajstić information content (AvgIpc) is 3.59. The molecule has 4 aromatic rings. The second-order valence-corrected chi connectivity index (χ2v) is 9.97. The largest absolute Gasteiger partial charge is 0.494 e. The number of rotatable bonds is 9. The van der Waals surface area contributed by atoms with Gasteiger partial charge < -0.3 is 23.9 Å². The second kappa shape index (κ2) is 10.8. The SMILES string of the molecule is CCOc1ccc(CCN2C(=O)c3ccc(-c4ccco4)n3C[C@]2(C)C(=O)NCc2ccc(Cl)cc2)cc1. The summed E-state index contributed by atoms with van der Waals surface area (Å²) in [5.41, 5.74) is 2.16. The molecule has 1 aliphatic rings. The van der Waals surface area contributed by atoms with E-state index in [1.54, 1.807) is 35.4 Å². The molecular formula is C30H30ClN3O4. The first kappa shape index (κ1) is 25.7. The van der Waals surface area contributed by atoms with Crippen LogP contribution in [0.15, 0.2) is 83.5 Å². The molecule has 8 heteroatoms. The van der Waals surface area contributed by atoms with Crippen LogP contribution in [0.2, 0.25) is 5.02 Å². The monoisotopic (exact) mass is 531 g/mol. The molecule has 1 N–H and O–H groups in total. The lowest BCUT2D eigenvalue weighted by Gasteiger charge is -2.44. The molecule has 7 nitrogen and oxygen atoms in total. The Labute approximate surface area is 227 Å². The van der Waals surface area contributed by atoms with Crippen molar-refractivity contribution >= 4 is 23.4 Å². The minimum Gasteiger partial charge on any atom is -0.494 e. The van der Waals surface area contributed by atoms with Crippen molar-refractivity contribution in [1.82, 2.24) is 14.8 Å². The Balaban J connectivity index is 1.42. The quantitative estimate of drug-likeness (QED) is 0.306. The van der Waals surface area contributed by atoms with Crippen molar-refractivity contribution < 1.29 is 18.7 Å². The number of carbonyl (C=O) groups excluding carboxylic acids is 2. The van der Waals surface area contributed by atoms with E-state index in [0.29, 0.717) is 49.1 Å². The zero-order valence-corrected chi connectivity index (χ0v) is 22.2. The minimum absolute atomic E-state index is 0.191. The summed E-state index contributed by atoms with van der Waals surface area (Å²) in [7, 11) is 0. The molecule has 3 heterocycles. The van der Waals surface area contributed by atoms with E-state index in [1.807, 2.05) is 66.9 Å². The third kappa shape index (κ3) is 5.07. The molecule has 0 saturated carbocycles. The summed E-state index contributed by atoms with van der Waals surface area (Å²) in [4.78, 5) is 29.3. The van der Waals surface area contributed by atoms with E-state index < -0.39 is 5.54 Å². The Morgan fingerprint density at radius 2 is 1.74 bits per heavy atom. The van der Waals surface area contributed by atoms with Crippen LogP contribution in [0.5, 0.6) is 5.75 Å². The van der Waals surface area contributed by atoms with E-state index in [9.17, 15) is 9.59 Å². The van der Waals surface area contributed by atoms with Crippen LogP contribution in [0.1, 0.15) is 35.5 Å². The highest BCUT2D eigenvalue weighted by molar-refractivity contribution is 6.30. The molecule has 38 heavy (non-hydrogen) atoms. The van der Waals surface area contributed by atoms with Crippen molar-refractivity contribution in [3.05, 3.63) is 101 Å². The van der Waals surface area contributed by atoms with Crippen molar-refractivity contribution in [2.45, 2.75) is 38.9 Å². The van der Waals surface area contributed by atoms with Crippen LogP contribution >= 0.6 is 11.6 Å². The molecule has 0 fully saturated rings. The first-order valence-corrected chi connectivity index (χ1v) is 13.1. The maximum absolute atomic E-state index is 13.9. The van der Waals surface area contributed by atoms with Gasteiger partial charge in [-0.25, -0.2) is 0 Å². The Bertz CT molecular complexity index is 1410. The third-order valence-corrected chi connectivity index (χ3v) is 7.25. The van der Waals surface area contributed by atoms with Gasteiger partial charge >= 0.3 is 0 Å². The third-order valence-electron chi connectivity index (χ3n) is 6.99. The van der Waals surface area contributed by atoms with Gasteiger partial charge in [-0.2, -0.15) is 0 Å². The average molecular weight is 532 g/mol. The summed E-state index contributed by atoms with van der Waals surface area (Å²) < 4.78 is 13.0. The number of amides is 2. The minimum atomic E-state index is -1.12. The van der Waals surface area contributed by atoms with Crippen molar-refractivity contribution in [2.75, 3.05) is 13.2 Å². The maximum atomic E-state index is 13.9. The molecule has 5 rings (SSSR count). The summed E-state index contributed by atoms with van der Waals surface area (Å²) in [6.07, 6.45) is 2.20. The summed E-state index contributed by atoms with van der Waals surface area (Å²) in [5, 5.41) is 3.68. The van der Waals surface area contributed by atoms with Crippen LogP contribution in [0.4, 0.5) is 0 Å². The number of ether oxygens (including phenoxy) is 1. The summed E-state index contributed by atoms with van der Waals surface area (Å²) >= 11 is 6.01. The fourth-order valence-corrected chi connectivity index (χ4v) is 5.02. The van der Waals surface area contributed by atoms with Gasteiger partial charge in [0.25, 0.3) is 5.91 Å². The number of nitrogens with zero attached hydrogens (tertiary/aromatic N) is 2. The van der Waals surface area contributed by atoms with E-state index >= 15 is 0 Å². The summed E-state index contributed by atoms with van der Waals surface area (Å²) in [5.74, 6) is 1.04. The van der Waals surface area contributed by atoms with E-state index in [0.717, 1.165) is 22.6 Å². The fraction of sp³-hybridized carbons (Fsp3) is 0.267. The van der Waals surface area contributed by atoms with Gasteiger partial charge in [0.2, 0.25) is 5.91 Å². The highest BCUT2D eigenvalue weighted by atomic mass is 35.5. The maximum Gasteiger partial charge on any atom is 0.271 e. The van der Waals surface area contributed by atoms with Crippen molar-refractivity contribution in [3.63, 3.8) is 0 Å². The molecule has 1 aliphatic heterocycles. The van der Waals surface area contributed by atoms with E-state index in [4.69, 9.17) is 20.8 Å². The van der Waals surface area contributed by atoms with Crippen LogP contribution < -0.4 is 10.1 Å². The Morgan fingerprint density at radius 3 is 2.42 bits per heavy atom. The molecule has 196 valence electrons. The second-order valence-electron chi connectivity index (χ2n) is 9.53. The number of carbonyl (C=O) groups is 2. The first-order chi connectivity index (χ1) is 18.4. The molecule has 2 aromatic heterocycles. The normalized spacial score (nSPS) is 16.8. The summed E-state index contributed by atoms with van der Waals surface area (Å²) in [6.45, 7) is 5.39. The predicted octanol–water partition coefficient (Wildman–Crippen LogP) is 5.57. The number of aromatic nitrogens is 1. The van der Waals surface area contributed by atoms with Gasteiger partial charge in [-0.3, -0.25) is 9.59 Å². The number of nitrogens with one attached hydrogen (secondary N) is 1. The molecule has 0 bridgehead atoms. The predicted molar refractivity (Wildman–Crippen MR) is 146 cm³/mol. The Morgan fingerprint density at radius 1 is 1.03 bits per heavy atom. The Hall–Kier alpha value is -3.97. The van der Waals surface area contributed by atoms with E-state index in [2.05, 4.69) is 5.32 Å². The molecule has 0 saturated heterocycles. The molecular weight excluding hydrogens is 502 g/mol. The number of hydrogen-bond donors (Lipinski definition) is 1. The van der Waals surface area contributed by atoms with E-state index in [1.165, 1.54) is 0 Å². The number of fused-ring (bicyclic) bond motifs is 1. The topological polar surface area (TPSA) is 76.7 Å². The van der Waals surface area contributed by atoms with Crippen molar-refractivity contribution in [2.24, 2.45) is 0 Å². The number of hydrogen-bond acceptors (Lipinski definition) is 4. The van der Waals surface area contributed by atoms with Crippen molar-refractivity contribution in [1.29, 1.82) is 0 Å². The summed E-state index contributed by atoms with van der Waals surface area (Å²) in [6, 6.07) is 22.5. The number of furan rings is 1. The lowest BCUT2D eigenvalue weighted by Crippen LogP contribution is -2.64. The molecule has 2 amide bonds. The van der Waals surface area contributed by atoms with Crippen LogP contribution in [0.25, 0.3) is 11.5 Å². The Kier molecular flexibility index (Phi) is 7.29. The standard InChI is InChI=1S/C30H30ClN3O4/c1-3-37-24-12-8-21(9-13-24)16-17-34-28(35)26-15-14-25(27-5-4-18-38-27)33(26)20-30(34,2)29(36)32-19-22-6-10-23(31)11-7-22/h4-15,18H,3,16-17,19-20H2,1-2H3,(H,32,36)/t30-/m1/s1. The van der Waals surface area contributed by atoms with Crippen LogP contribution in [0.3, 0.4) is 0 Å². The van der Waals surface area contributed by atoms with Gasteiger partial charge in [0.05, 0.1) is 25.1 Å². The lowest BCUT2D eigenvalue weighted by molar-refractivity contribution is -0.133. The zero-order valence-electron chi connectivity index (χ0n) is 21.4. The molecule has 1 atom stereocenters. The van der Waals surface area contributed by atoms with Crippen LogP contribution in [-0.4, -0.2) is 40.0 Å². The number of halogens is 1. The highest BCUT2D eigenvalue weighted by Gasteiger charge is 2.47. The van der Waals surface area contributed by atoms with Gasteiger partial charge in [-0.05, 0) is 79.9 Å². The fourth-order valence-electron chi connectivity index (χ4n) is 4.90. The number of benzene rings is 2. The first-order valence-electron chi connectivity index (χ1n) is 12.7. The van der Waals surface area contributed by atoms with Crippen molar-refractivity contribution in [3.8, 4) is 17.2 Å². The molecule has 0 unspecified atom stereocenters. The highest BCUT2D eigenvalue weighted by Crippen LogP contribution is 2.33. The molecule has 0 spiro atoms. The lowest BCUT2D eigenvalue weighted by atomic mass is 9.93. The van der Waals surface area contributed by atoms with Gasteiger partial charge in [-0.1, -0.05) is 35.9 Å². The van der Waals surface area contributed by atoms with Gasteiger partial charge in [-0.15, -0.1) is 0 Å². The molecule has 0 radical (unpaired) electrons. The van der Waals surface area contributed by atoms with Gasteiger partial charge in [0.15, 0.2) is 0 Å². The zero-order chi connectivity index (χ0) is 26.7. The van der Waals surface area contributed by atoms with Gasteiger partial charge in [0.1, 0.15) is 22.7 Å². The molecule has 2 aromatic carbocycles. The van der Waals surface area contributed by atoms with E-state index in [-0.39, 0.29) is 11.8 Å². The van der Waals surface area contributed by atoms with Gasteiger partial charge in [0, 0.05) is 18.1 Å². The van der Waals surface area contributed by atoms with Crippen LogP contribution in [0, 0.1) is 0 Å².